The van der Waals surface area contributed by atoms with Gasteiger partial charge in [-0.25, -0.2) is 0 Å². The monoisotopic (exact) mass is 267 g/mol. The van der Waals surface area contributed by atoms with Gasteiger partial charge in [-0.3, -0.25) is 9.59 Å². The van der Waals surface area contributed by atoms with Crippen LogP contribution in [-0.2, 0) is 15.2 Å². The molecular formula is C13H14ClNO3. The maximum Gasteiger partial charge on any atom is 0.264 e. The van der Waals surface area contributed by atoms with E-state index < -0.39 is 11.5 Å². The van der Waals surface area contributed by atoms with Gasteiger partial charge in [0.15, 0.2) is 5.60 Å². The number of aliphatic hydroxyl groups is 1. The number of rotatable bonds is 3. The third kappa shape index (κ3) is 1.72. The average Bonchev–Trinajstić information content (AvgIpc) is 2.50. The summed E-state index contributed by atoms with van der Waals surface area (Å²) in [5, 5.41) is 10.9. The fourth-order valence-electron chi connectivity index (χ4n) is 2.40. The highest BCUT2D eigenvalue weighted by atomic mass is 35.5. The van der Waals surface area contributed by atoms with Crippen LogP contribution in [0.2, 0.25) is 5.02 Å². The van der Waals surface area contributed by atoms with Gasteiger partial charge < -0.3 is 10.0 Å². The first-order valence-electron chi connectivity index (χ1n) is 5.74. The van der Waals surface area contributed by atoms with Gasteiger partial charge in [0.1, 0.15) is 5.78 Å². The fraction of sp³-hybridized carbons (Fsp3) is 0.385. The summed E-state index contributed by atoms with van der Waals surface area (Å²) in [6.45, 7) is 3.55. The van der Waals surface area contributed by atoms with Crippen molar-refractivity contribution in [2.75, 3.05) is 11.4 Å². The maximum atomic E-state index is 12.3. The molecule has 0 fully saturated rings. The van der Waals surface area contributed by atoms with Crippen molar-refractivity contribution >= 4 is 29.0 Å². The Kier molecular flexibility index (Phi) is 3.17. The number of fused-ring (bicyclic) bond motifs is 1. The zero-order valence-corrected chi connectivity index (χ0v) is 11.0. The lowest BCUT2D eigenvalue weighted by Crippen LogP contribution is -2.41. The number of benzene rings is 1. The van der Waals surface area contributed by atoms with E-state index in [9.17, 15) is 14.7 Å². The van der Waals surface area contributed by atoms with E-state index in [4.69, 9.17) is 11.6 Å². The number of amides is 1. The van der Waals surface area contributed by atoms with Crippen molar-refractivity contribution in [3.8, 4) is 0 Å². The van der Waals surface area contributed by atoms with Crippen LogP contribution in [0.5, 0.6) is 0 Å². The molecule has 0 aliphatic carbocycles. The fourth-order valence-corrected chi connectivity index (χ4v) is 2.67. The Hall–Kier alpha value is -1.39. The van der Waals surface area contributed by atoms with Gasteiger partial charge in [-0.05, 0) is 19.9 Å². The molecule has 1 N–H and O–H groups in total. The molecule has 1 unspecified atom stereocenters. The number of carbonyl (C=O) groups is 2. The SMILES string of the molecule is CCN1C(=O)C(O)(CC(C)=O)c2cccc(Cl)c21. The second-order valence-electron chi connectivity index (χ2n) is 4.42. The highest BCUT2D eigenvalue weighted by Crippen LogP contribution is 2.45. The summed E-state index contributed by atoms with van der Waals surface area (Å²) < 4.78 is 0. The van der Waals surface area contributed by atoms with Gasteiger partial charge in [0, 0.05) is 18.5 Å². The van der Waals surface area contributed by atoms with Crippen LogP contribution in [0.25, 0.3) is 0 Å². The van der Waals surface area contributed by atoms with Gasteiger partial charge in [-0.2, -0.15) is 0 Å². The highest BCUT2D eigenvalue weighted by Gasteiger charge is 2.50. The number of hydrogen-bond acceptors (Lipinski definition) is 3. The van der Waals surface area contributed by atoms with Crippen molar-refractivity contribution in [2.24, 2.45) is 0 Å². The van der Waals surface area contributed by atoms with Crippen LogP contribution in [0.1, 0.15) is 25.8 Å². The van der Waals surface area contributed by atoms with Crippen molar-refractivity contribution in [3.63, 3.8) is 0 Å². The topological polar surface area (TPSA) is 57.6 Å². The van der Waals surface area contributed by atoms with E-state index >= 15 is 0 Å². The molecule has 1 heterocycles. The Balaban J connectivity index is 2.63. The molecule has 2 rings (SSSR count). The summed E-state index contributed by atoms with van der Waals surface area (Å²) in [5.74, 6) is -0.724. The Bertz CT molecular complexity index is 529. The number of hydrogen-bond donors (Lipinski definition) is 1. The summed E-state index contributed by atoms with van der Waals surface area (Å²) in [5.41, 5.74) is -0.852. The molecule has 0 bridgehead atoms. The molecule has 1 aromatic carbocycles. The normalized spacial score (nSPS) is 22.2. The highest BCUT2D eigenvalue weighted by molar-refractivity contribution is 6.35. The van der Waals surface area contributed by atoms with E-state index in [0.29, 0.717) is 22.8 Å². The third-order valence-corrected chi connectivity index (χ3v) is 3.43. The standard InChI is InChI=1S/C13H14ClNO3/c1-3-15-11-9(5-4-6-10(11)14)13(18,12(15)17)7-8(2)16/h4-6,18H,3,7H2,1-2H3. The number of anilines is 1. The van der Waals surface area contributed by atoms with Crippen molar-refractivity contribution in [1.82, 2.24) is 0 Å². The lowest BCUT2D eigenvalue weighted by atomic mass is 9.90. The van der Waals surface area contributed by atoms with E-state index in [-0.39, 0.29) is 12.2 Å². The molecule has 96 valence electrons. The molecule has 0 aromatic heterocycles. The van der Waals surface area contributed by atoms with E-state index in [1.54, 1.807) is 25.1 Å². The van der Waals surface area contributed by atoms with E-state index in [2.05, 4.69) is 0 Å². The lowest BCUT2D eigenvalue weighted by molar-refractivity contribution is -0.141. The van der Waals surface area contributed by atoms with Crippen LogP contribution in [0.3, 0.4) is 0 Å². The predicted molar refractivity (Wildman–Crippen MR) is 68.7 cm³/mol. The Morgan fingerprint density at radius 3 is 2.72 bits per heavy atom. The van der Waals surface area contributed by atoms with Gasteiger partial charge in [-0.1, -0.05) is 23.7 Å². The number of halogens is 1. The van der Waals surface area contributed by atoms with E-state index in [1.165, 1.54) is 11.8 Å². The second-order valence-corrected chi connectivity index (χ2v) is 4.83. The average molecular weight is 268 g/mol. The van der Waals surface area contributed by atoms with Crippen molar-refractivity contribution in [1.29, 1.82) is 0 Å². The molecule has 1 aliphatic heterocycles. The first kappa shape index (κ1) is 13.1. The number of nitrogens with zero attached hydrogens (tertiary/aromatic N) is 1. The first-order chi connectivity index (χ1) is 8.41. The van der Waals surface area contributed by atoms with Crippen LogP contribution in [0, 0.1) is 0 Å². The van der Waals surface area contributed by atoms with Crippen LogP contribution in [-0.4, -0.2) is 23.3 Å². The molecule has 1 aliphatic rings. The van der Waals surface area contributed by atoms with Gasteiger partial charge >= 0.3 is 0 Å². The third-order valence-electron chi connectivity index (χ3n) is 3.12. The molecule has 0 saturated heterocycles. The molecule has 0 spiro atoms. The second kappa shape index (κ2) is 4.37. The zero-order valence-electron chi connectivity index (χ0n) is 10.2. The Morgan fingerprint density at radius 1 is 1.50 bits per heavy atom. The number of Topliss-reactive ketones (excluding diaryl/α,β-unsaturated/α-hetero) is 1. The van der Waals surface area contributed by atoms with Crippen molar-refractivity contribution < 1.29 is 14.7 Å². The summed E-state index contributed by atoms with van der Waals surface area (Å²) in [4.78, 5) is 25.0. The van der Waals surface area contributed by atoms with Gasteiger partial charge in [0.2, 0.25) is 0 Å². The summed E-state index contributed by atoms with van der Waals surface area (Å²) in [7, 11) is 0. The van der Waals surface area contributed by atoms with Crippen molar-refractivity contribution in [3.05, 3.63) is 28.8 Å². The Morgan fingerprint density at radius 2 is 2.17 bits per heavy atom. The van der Waals surface area contributed by atoms with Gasteiger partial charge in [0.05, 0.1) is 10.7 Å². The van der Waals surface area contributed by atoms with Crippen LogP contribution in [0.4, 0.5) is 5.69 Å². The molecule has 1 aromatic rings. The van der Waals surface area contributed by atoms with Gasteiger partial charge in [0.25, 0.3) is 5.91 Å². The molecule has 1 amide bonds. The quantitative estimate of drug-likeness (QED) is 0.910. The number of para-hydroxylation sites is 1. The first-order valence-corrected chi connectivity index (χ1v) is 6.12. The van der Waals surface area contributed by atoms with E-state index in [1.807, 2.05) is 0 Å². The molecule has 0 saturated carbocycles. The smallest absolute Gasteiger partial charge is 0.264 e. The van der Waals surface area contributed by atoms with E-state index in [0.717, 1.165) is 0 Å². The minimum atomic E-state index is -1.78. The Labute approximate surface area is 110 Å². The number of ketones is 1. The molecule has 5 heteroatoms. The molecular weight excluding hydrogens is 254 g/mol. The summed E-state index contributed by atoms with van der Waals surface area (Å²) in [6.07, 6.45) is -0.227. The van der Waals surface area contributed by atoms with Gasteiger partial charge in [-0.15, -0.1) is 0 Å². The summed E-state index contributed by atoms with van der Waals surface area (Å²) >= 11 is 6.08. The van der Waals surface area contributed by atoms with Crippen LogP contribution < -0.4 is 4.90 Å². The predicted octanol–water partition coefficient (Wildman–Crippen LogP) is 1.87. The molecule has 4 nitrogen and oxygen atoms in total. The largest absolute Gasteiger partial charge is 0.375 e. The van der Waals surface area contributed by atoms with Crippen molar-refractivity contribution in [2.45, 2.75) is 25.9 Å². The molecule has 18 heavy (non-hydrogen) atoms. The zero-order chi connectivity index (χ0) is 13.5. The van der Waals surface area contributed by atoms with Crippen LogP contribution in [0.15, 0.2) is 18.2 Å². The molecule has 0 radical (unpaired) electrons. The minimum Gasteiger partial charge on any atom is -0.375 e. The molecule has 1 atom stereocenters. The minimum absolute atomic E-state index is 0.227. The van der Waals surface area contributed by atoms with Crippen LogP contribution >= 0.6 is 11.6 Å². The number of carbonyl (C=O) groups excluding carboxylic acids is 2. The summed E-state index contributed by atoms with van der Waals surface area (Å²) in [6, 6.07) is 4.96. The lowest BCUT2D eigenvalue weighted by Gasteiger charge is -2.21. The maximum absolute atomic E-state index is 12.3. The number of likely N-dealkylation sites (N-methyl/N-ethyl adjacent to an activating group) is 1.